The lowest BCUT2D eigenvalue weighted by atomic mass is 9.87. The van der Waals surface area contributed by atoms with Gasteiger partial charge in [0.05, 0.1) is 37.9 Å². The normalized spacial score (nSPS) is 12.0. The molecule has 2 heterocycles. The first kappa shape index (κ1) is 26.6. The van der Waals surface area contributed by atoms with E-state index in [4.69, 9.17) is 18.6 Å². The number of hydrogen-bond acceptors (Lipinski definition) is 8. The number of anilines is 1. The van der Waals surface area contributed by atoms with Crippen molar-refractivity contribution in [2.24, 2.45) is 0 Å². The quantitative estimate of drug-likeness (QED) is 0.285. The molecule has 0 saturated heterocycles. The van der Waals surface area contributed by atoms with Gasteiger partial charge >= 0.3 is 5.63 Å². The number of imidazole rings is 1. The first-order chi connectivity index (χ1) is 18.2. The molecule has 1 amide bonds. The Morgan fingerprint density at radius 2 is 1.82 bits per heavy atom. The minimum atomic E-state index is -0.926. The highest BCUT2D eigenvalue weighted by Gasteiger charge is 2.30. The Balaban J connectivity index is 1.75. The monoisotopic (exact) mass is 521 g/mol. The van der Waals surface area contributed by atoms with Gasteiger partial charge < -0.3 is 34.0 Å². The zero-order chi connectivity index (χ0) is 27.6. The minimum Gasteiger partial charge on any atom is -0.507 e. The maximum absolute atomic E-state index is 13.3. The van der Waals surface area contributed by atoms with Gasteiger partial charge in [0.15, 0.2) is 11.5 Å². The summed E-state index contributed by atoms with van der Waals surface area (Å²) in [5.41, 5.74) is 1.76. The number of carbonyl (C=O) groups excluding carboxylic acids is 1. The number of nitrogens with one attached hydrogen (secondary N) is 2. The maximum atomic E-state index is 13.3. The lowest BCUT2D eigenvalue weighted by molar-refractivity contribution is -0.116. The average Bonchev–Trinajstić information content (AvgIpc) is 3.30. The number of amides is 1. The van der Waals surface area contributed by atoms with Crippen LogP contribution in [0.1, 0.15) is 54.8 Å². The molecule has 0 fully saturated rings. The van der Waals surface area contributed by atoms with Gasteiger partial charge in [-0.3, -0.25) is 4.79 Å². The lowest BCUT2D eigenvalue weighted by Crippen LogP contribution is -2.21. The average molecular weight is 522 g/mol. The summed E-state index contributed by atoms with van der Waals surface area (Å²) >= 11 is 0. The van der Waals surface area contributed by atoms with Crippen molar-refractivity contribution in [1.29, 1.82) is 0 Å². The number of H-pyrrole nitrogens is 1. The number of fused-ring (bicyclic) bond motifs is 1. The van der Waals surface area contributed by atoms with Gasteiger partial charge in [-0.05, 0) is 31.2 Å². The number of aromatic hydroxyl groups is 1. The highest BCUT2D eigenvalue weighted by Crippen LogP contribution is 2.46. The molecule has 2 aromatic heterocycles. The molecule has 3 N–H and O–H groups in total. The van der Waals surface area contributed by atoms with Gasteiger partial charge in [0, 0.05) is 35.6 Å². The summed E-state index contributed by atoms with van der Waals surface area (Å²) in [5.74, 6) is 0.686. The van der Waals surface area contributed by atoms with Gasteiger partial charge in [-0.2, -0.15) is 0 Å². The molecule has 4 aromatic rings. The van der Waals surface area contributed by atoms with Crippen molar-refractivity contribution in [3.8, 4) is 23.0 Å². The molecule has 0 aliphatic heterocycles. The molecular formula is C28H31N3O7. The summed E-state index contributed by atoms with van der Waals surface area (Å²) in [4.78, 5) is 34.1. The Hall–Kier alpha value is -4.47. The molecule has 1 atom stereocenters. The van der Waals surface area contributed by atoms with Crippen LogP contribution in [0.2, 0.25) is 0 Å². The van der Waals surface area contributed by atoms with Crippen LogP contribution in [0.3, 0.4) is 0 Å². The second-order valence-electron chi connectivity index (χ2n) is 9.18. The van der Waals surface area contributed by atoms with Gasteiger partial charge in [-0.15, -0.1) is 0 Å². The number of benzene rings is 2. The van der Waals surface area contributed by atoms with Crippen LogP contribution in [0.5, 0.6) is 23.0 Å². The predicted octanol–water partition coefficient (Wildman–Crippen LogP) is 4.84. The number of aryl methyl sites for hydroxylation is 1. The van der Waals surface area contributed by atoms with Crippen LogP contribution in [0.25, 0.3) is 11.0 Å². The van der Waals surface area contributed by atoms with E-state index in [2.05, 4.69) is 15.3 Å². The fraction of sp³-hybridized carbons (Fsp3) is 0.321. The first-order valence-corrected chi connectivity index (χ1v) is 12.1. The summed E-state index contributed by atoms with van der Waals surface area (Å²) in [6, 6.07) is 10.0. The number of ether oxygens (including phenoxy) is 3. The van der Waals surface area contributed by atoms with Gasteiger partial charge in [0.1, 0.15) is 17.3 Å². The number of carbonyl (C=O) groups is 1. The summed E-state index contributed by atoms with van der Waals surface area (Å²) < 4.78 is 21.8. The maximum Gasteiger partial charge on any atom is 0.343 e. The van der Waals surface area contributed by atoms with Crippen LogP contribution in [-0.2, 0) is 4.79 Å². The van der Waals surface area contributed by atoms with Gasteiger partial charge in [-0.1, -0.05) is 19.9 Å². The standard InChI is InChI=1S/C28H31N3O7/c1-14(2)27-30-19-9-7-16(12-20(19)31-27)29-23(33)13-18(24-21(32)11-15(3)38-28(24)34)17-8-10-22(35-4)26(37-6)25(17)36-5/h7-12,14,18,32H,13H2,1-6H3,(H,29,33)(H,30,31)/t18-/m0/s1. The Morgan fingerprint density at radius 1 is 1.08 bits per heavy atom. The predicted molar refractivity (Wildman–Crippen MR) is 143 cm³/mol. The Labute approximate surface area is 219 Å². The molecule has 4 rings (SSSR count). The first-order valence-electron chi connectivity index (χ1n) is 12.1. The third-order valence-corrected chi connectivity index (χ3v) is 6.27. The van der Waals surface area contributed by atoms with E-state index in [-0.39, 0.29) is 35.2 Å². The molecule has 0 aliphatic carbocycles. The molecule has 0 unspecified atom stereocenters. The third-order valence-electron chi connectivity index (χ3n) is 6.27. The van der Waals surface area contributed by atoms with Gasteiger partial charge in [0.2, 0.25) is 11.7 Å². The van der Waals surface area contributed by atoms with Crippen molar-refractivity contribution in [3.63, 3.8) is 0 Å². The molecule has 10 heteroatoms. The molecule has 0 radical (unpaired) electrons. The van der Waals surface area contributed by atoms with Crippen LogP contribution in [0, 0.1) is 6.92 Å². The number of hydrogen-bond donors (Lipinski definition) is 3. The van der Waals surface area contributed by atoms with Crippen LogP contribution >= 0.6 is 0 Å². The van der Waals surface area contributed by atoms with Crippen molar-refractivity contribution in [2.75, 3.05) is 26.6 Å². The molecule has 10 nitrogen and oxygen atoms in total. The van der Waals surface area contributed by atoms with E-state index in [1.807, 2.05) is 19.9 Å². The number of rotatable bonds is 9. The zero-order valence-corrected chi connectivity index (χ0v) is 22.2. The second kappa shape index (κ2) is 10.9. The summed E-state index contributed by atoms with van der Waals surface area (Å²) in [7, 11) is 4.39. The highest BCUT2D eigenvalue weighted by molar-refractivity contribution is 5.94. The highest BCUT2D eigenvalue weighted by atomic mass is 16.5. The number of methoxy groups -OCH3 is 3. The summed E-state index contributed by atoms with van der Waals surface area (Å²) in [6.45, 7) is 5.64. The van der Waals surface area contributed by atoms with Crippen molar-refractivity contribution in [3.05, 3.63) is 69.5 Å². The number of aromatic amines is 1. The number of aromatic nitrogens is 2. The van der Waals surface area contributed by atoms with E-state index in [1.54, 1.807) is 31.2 Å². The fourth-order valence-corrected chi connectivity index (χ4v) is 4.47. The van der Waals surface area contributed by atoms with Crippen molar-refractivity contribution in [1.82, 2.24) is 9.97 Å². The minimum absolute atomic E-state index is 0.0677. The zero-order valence-electron chi connectivity index (χ0n) is 22.2. The molecule has 0 saturated carbocycles. The van der Waals surface area contributed by atoms with Crippen LogP contribution in [0.15, 0.2) is 45.6 Å². The smallest absolute Gasteiger partial charge is 0.343 e. The Bertz CT molecular complexity index is 1540. The summed E-state index contributed by atoms with van der Waals surface area (Å²) in [6.07, 6.45) is -0.203. The van der Waals surface area contributed by atoms with Gasteiger partial charge in [-0.25, -0.2) is 9.78 Å². The Kier molecular flexibility index (Phi) is 7.61. The fourth-order valence-electron chi connectivity index (χ4n) is 4.47. The molecule has 0 spiro atoms. The topological polar surface area (TPSA) is 136 Å². The summed E-state index contributed by atoms with van der Waals surface area (Å²) in [5, 5.41) is 13.6. The van der Waals surface area contributed by atoms with E-state index in [0.717, 1.165) is 16.9 Å². The third kappa shape index (κ3) is 5.15. The van der Waals surface area contributed by atoms with Crippen LogP contribution < -0.4 is 25.2 Å². The second-order valence-corrected chi connectivity index (χ2v) is 9.18. The lowest BCUT2D eigenvalue weighted by Gasteiger charge is -2.22. The van der Waals surface area contributed by atoms with E-state index < -0.39 is 17.5 Å². The van der Waals surface area contributed by atoms with E-state index >= 15 is 0 Å². The van der Waals surface area contributed by atoms with Crippen molar-refractivity contribution >= 4 is 22.6 Å². The van der Waals surface area contributed by atoms with Gasteiger partial charge in [0.25, 0.3) is 0 Å². The molecule has 200 valence electrons. The van der Waals surface area contributed by atoms with Crippen LogP contribution in [-0.4, -0.2) is 42.3 Å². The SMILES string of the molecule is COc1ccc([C@H](CC(=O)Nc2ccc3nc(C(C)C)[nH]c3c2)c2c(O)cc(C)oc2=O)c(OC)c1OC. The molecule has 0 aliphatic rings. The molecular weight excluding hydrogens is 490 g/mol. The van der Waals surface area contributed by atoms with Crippen LogP contribution in [0.4, 0.5) is 5.69 Å². The molecule has 38 heavy (non-hydrogen) atoms. The van der Waals surface area contributed by atoms with E-state index in [1.165, 1.54) is 27.4 Å². The van der Waals surface area contributed by atoms with Crippen molar-refractivity contribution < 1.29 is 28.5 Å². The Morgan fingerprint density at radius 3 is 2.45 bits per heavy atom. The molecule has 0 bridgehead atoms. The van der Waals surface area contributed by atoms with Crippen molar-refractivity contribution in [2.45, 2.75) is 39.0 Å². The molecule has 2 aromatic carbocycles. The number of nitrogens with zero attached hydrogens (tertiary/aromatic N) is 1. The van der Waals surface area contributed by atoms with E-state index in [0.29, 0.717) is 22.7 Å². The van der Waals surface area contributed by atoms with E-state index in [9.17, 15) is 14.7 Å². The largest absolute Gasteiger partial charge is 0.507 e.